The molecule has 1 aliphatic rings. The predicted octanol–water partition coefficient (Wildman–Crippen LogP) is 2.55. The number of hydrogen-bond donors (Lipinski definition) is 2. The third-order valence-electron chi connectivity index (χ3n) is 4.33. The van der Waals surface area contributed by atoms with E-state index < -0.39 is 0 Å². The highest BCUT2D eigenvalue weighted by atomic mass is 16.5. The number of carbonyl (C=O) groups excluding carboxylic acids is 1. The van der Waals surface area contributed by atoms with Gasteiger partial charge in [-0.25, -0.2) is 0 Å². The molecule has 1 aromatic carbocycles. The van der Waals surface area contributed by atoms with Crippen LogP contribution in [-0.2, 0) is 9.53 Å². The van der Waals surface area contributed by atoms with E-state index in [4.69, 9.17) is 4.74 Å². The highest BCUT2D eigenvalue weighted by molar-refractivity contribution is 5.81. The van der Waals surface area contributed by atoms with Crippen LogP contribution in [0.3, 0.4) is 0 Å². The lowest BCUT2D eigenvalue weighted by molar-refractivity contribution is -0.119. The molecule has 1 unspecified atom stereocenters. The zero-order valence-electron chi connectivity index (χ0n) is 14.5. The fraction of sp³-hybridized carbons (Fsp3) is 0.611. The van der Waals surface area contributed by atoms with Crippen LogP contribution in [0.1, 0.15) is 32.3 Å². The van der Waals surface area contributed by atoms with Gasteiger partial charge in [0.05, 0.1) is 12.6 Å². The molecule has 0 spiro atoms. The van der Waals surface area contributed by atoms with Crippen LogP contribution in [-0.4, -0.2) is 44.8 Å². The standard InChI is InChI=1S/C18H29N3O2/c1-4-21(5-2)15-8-9-17(14(3)11-15)19-13-18(22)20-12-16-7-6-10-23-16/h8-9,11,16,19H,4-7,10,12-13H2,1-3H3,(H,20,22). The summed E-state index contributed by atoms with van der Waals surface area (Å²) in [4.78, 5) is 14.2. The molecule has 2 N–H and O–H groups in total. The Morgan fingerprint density at radius 3 is 2.74 bits per heavy atom. The van der Waals surface area contributed by atoms with Crippen molar-refractivity contribution in [2.24, 2.45) is 0 Å². The molecule has 1 aromatic rings. The first-order valence-corrected chi connectivity index (χ1v) is 8.61. The molecular weight excluding hydrogens is 290 g/mol. The van der Waals surface area contributed by atoms with Crippen molar-refractivity contribution in [3.8, 4) is 0 Å². The summed E-state index contributed by atoms with van der Waals surface area (Å²) < 4.78 is 5.50. The fourth-order valence-electron chi connectivity index (χ4n) is 2.90. The van der Waals surface area contributed by atoms with Gasteiger partial charge in [0.2, 0.25) is 5.91 Å². The highest BCUT2D eigenvalue weighted by Gasteiger charge is 2.16. The molecule has 1 heterocycles. The molecule has 1 fully saturated rings. The summed E-state index contributed by atoms with van der Waals surface area (Å²) in [6.45, 7) is 10.1. The van der Waals surface area contributed by atoms with Crippen LogP contribution in [0.25, 0.3) is 0 Å². The third-order valence-corrected chi connectivity index (χ3v) is 4.33. The first-order chi connectivity index (χ1) is 11.1. The monoisotopic (exact) mass is 319 g/mol. The van der Waals surface area contributed by atoms with Crippen molar-refractivity contribution in [3.63, 3.8) is 0 Å². The van der Waals surface area contributed by atoms with Gasteiger partial charge < -0.3 is 20.3 Å². The van der Waals surface area contributed by atoms with Gasteiger partial charge in [-0.15, -0.1) is 0 Å². The number of aryl methyl sites for hydroxylation is 1. The Hall–Kier alpha value is -1.75. The maximum atomic E-state index is 11.9. The Morgan fingerprint density at radius 1 is 1.35 bits per heavy atom. The second-order valence-electron chi connectivity index (χ2n) is 5.96. The number of ether oxygens (including phenoxy) is 1. The van der Waals surface area contributed by atoms with Gasteiger partial charge in [0.1, 0.15) is 0 Å². The topological polar surface area (TPSA) is 53.6 Å². The van der Waals surface area contributed by atoms with Crippen LogP contribution in [0.5, 0.6) is 0 Å². The first kappa shape index (κ1) is 17.6. The molecule has 2 rings (SSSR count). The number of amides is 1. The van der Waals surface area contributed by atoms with Crippen molar-refractivity contribution in [3.05, 3.63) is 23.8 Å². The summed E-state index contributed by atoms with van der Waals surface area (Å²) in [6.07, 6.45) is 2.32. The van der Waals surface area contributed by atoms with Crippen molar-refractivity contribution in [1.82, 2.24) is 5.32 Å². The van der Waals surface area contributed by atoms with Gasteiger partial charge in [-0.3, -0.25) is 4.79 Å². The first-order valence-electron chi connectivity index (χ1n) is 8.61. The summed E-state index contributed by atoms with van der Waals surface area (Å²) in [5.41, 5.74) is 3.38. The van der Waals surface area contributed by atoms with Crippen molar-refractivity contribution >= 4 is 17.3 Å². The van der Waals surface area contributed by atoms with Gasteiger partial charge in [0.15, 0.2) is 0 Å². The molecular formula is C18H29N3O2. The van der Waals surface area contributed by atoms with E-state index in [1.54, 1.807) is 0 Å². The van der Waals surface area contributed by atoms with E-state index in [0.29, 0.717) is 6.54 Å². The molecule has 1 atom stereocenters. The minimum atomic E-state index is 0.00715. The zero-order chi connectivity index (χ0) is 16.7. The van der Waals surface area contributed by atoms with E-state index in [2.05, 4.69) is 54.5 Å². The number of anilines is 2. The highest BCUT2D eigenvalue weighted by Crippen LogP contribution is 2.22. The predicted molar refractivity (Wildman–Crippen MR) is 95.2 cm³/mol. The lowest BCUT2D eigenvalue weighted by Crippen LogP contribution is -2.35. The SMILES string of the molecule is CCN(CC)c1ccc(NCC(=O)NCC2CCCO2)c(C)c1. The lowest BCUT2D eigenvalue weighted by atomic mass is 10.1. The van der Waals surface area contributed by atoms with Gasteiger partial charge in [-0.05, 0) is 57.4 Å². The summed E-state index contributed by atoms with van der Waals surface area (Å²) in [5, 5.41) is 6.15. The number of carbonyl (C=O) groups is 1. The second-order valence-corrected chi connectivity index (χ2v) is 5.96. The van der Waals surface area contributed by atoms with Crippen LogP contribution >= 0.6 is 0 Å². The maximum absolute atomic E-state index is 11.9. The van der Waals surface area contributed by atoms with E-state index in [-0.39, 0.29) is 18.6 Å². The summed E-state index contributed by atoms with van der Waals surface area (Å²) in [6, 6.07) is 6.32. The Balaban J connectivity index is 1.81. The van der Waals surface area contributed by atoms with Crippen molar-refractivity contribution in [1.29, 1.82) is 0 Å². The number of nitrogens with one attached hydrogen (secondary N) is 2. The minimum Gasteiger partial charge on any atom is -0.376 e. The average Bonchev–Trinajstić information content (AvgIpc) is 3.07. The molecule has 0 saturated carbocycles. The molecule has 1 amide bonds. The average molecular weight is 319 g/mol. The minimum absolute atomic E-state index is 0.00715. The number of rotatable bonds is 8. The quantitative estimate of drug-likeness (QED) is 0.773. The van der Waals surface area contributed by atoms with Crippen LogP contribution in [0.4, 0.5) is 11.4 Å². The molecule has 5 heteroatoms. The van der Waals surface area contributed by atoms with Gasteiger partial charge >= 0.3 is 0 Å². The largest absolute Gasteiger partial charge is 0.376 e. The second kappa shape index (κ2) is 8.77. The van der Waals surface area contributed by atoms with Crippen LogP contribution in [0.2, 0.25) is 0 Å². The molecule has 128 valence electrons. The van der Waals surface area contributed by atoms with Crippen molar-refractivity contribution < 1.29 is 9.53 Å². The third kappa shape index (κ3) is 5.13. The molecule has 5 nitrogen and oxygen atoms in total. The van der Waals surface area contributed by atoms with E-state index in [9.17, 15) is 4.79 Å². The fourth-order valence-corrected chi connectivity index (χ4v) is 2.90. The molecule has 0 bridgehead atoms. The van der Waals surface area contributed by atoms with Crippen LogP contribution < -0.4 is 15.5 Å². The zero-order valence-corrected chi connectivity index (χ0v) is 14.5. The lowest BCUT2D eigenvalue weighted by Gasteiger charge is -2.22. The van der Waals surface area contributed by atoms with Gasteiger partial charge in [-0.2, -0.15) is 0 Å². The smallest absolute Gasteiger partial charge is 0.239 e. The summed E-state index contributed by atoms with van der Waals surface area (Å²) in [5.74, 6) is 0.00715. The number of benzene rings is 1. The molecule has 0 aromatic heterocycles. The van der Waals surface area contributed by atoms with Gasteiger partial charge in [0, 0.05) is 37.6 Å². The van der Waals surface area contributed by atoms with Crippen molar-refractivity contribution in [2.45, 2.75) is 39.7 Å². The van der Waals surface area contributed by atoms with E-state index in [0.717, 1.165) is 43.8 Å². The van der Waals surface area contributed by atoms with Gasteiger partial charge in [-0.1, -0.05) is 0 Å². The Bertz CT molecular complexity index is 509. The Labute approximate surface area is 139 Å². The summed E-state index contributed by atoms with van der Waals surface area (Å²) in [7, 11) is 0. The van der Waals surface area contributed by atoms with Gasteiger partial charge in [0.25, 0.3) is 0 Å². The molecule has 1 saturated heterocycles. The normalized spacial score (nSPS) is 17.1. The van der Waals surface area contributed by atoms with Crippen molar-refractivity contribution in [2.75, 3.05) is 43.0 Å². The Morgan fingerprint density at radius 2 is 2.13 bits per heavy atom. The van der Waals surface area contributed by atoms with Crippen LogP contribution in [0, 0.1) is 6.92 Å². The molecule has 23 heavy (non-hydrogen) atoms. The van der Waals surface area contributed by atoms with E-state index in [1.807, 2.05) is 0 Å². The molecule has 1 aliphatic heterocycles. The molecule has 0 radical (unpaired) electrons. The van der Waals surface area contributed by atoms with E-state index in [1.165, 1.54) is 5.69 Å². The van der Waals surface area contributed by atoms with Crippen LogP contribution in [0.15, 0.2) is 18.2 Å². The maximum Gasteiger partial charge on any atom is 0.239 e. The number of hydrogen-bond acceptors (Lipinski definition) is 4. The Kier molecular flexibility index (Phi) is 6.71. The summed E-state index contributed by atoms with van der Waals surface area (Å²) >= 11 is 0. The molecule has 0 aliphatic carbocycles. The number of nitrogens with zero attached hydrogens (tertiary/aromatic N) is 1. The van der Waals surface area contributed by atoms with E-state index >= 15 is 0 Å².